The van der Waals surface area contributed by atoms with Gasteiger partial charge in [-0.2, -0.15) is 0 Å². The summed E-state index contributed by atoms with van der Waals surface area (Å²) in [6, 6.07) is 9.00. The van der Waals surface area contributed by atoms with Crippen molar-refractivity contribution in [1.29, 1.82) is 0 Å². The van der Waals surface area contributed by atoms with Gasteiger partial charge in [0.15, 0.2) is 0 Å². The number of carboxylic acid groups (broad SMARTS) is 2. The molecule has 1 aliphatic rings. The molecule has 28 heavy (non-hydrogen) atoms. The summed E-state index contributed by atoms with van der Waals surface area (Å²) in [6.45, 7) is 2.23. The second-order valence-corrected chi connectivity index (χ2v) is 7.32. The van der Waals surface area contributed by atoms with Crippen LogP contribution in [0.15, 0.2) is 36.4 Å². The first-order valence-corrected chi connectivity index (χ1v) is 9.77. The molecule has 0 radical (unpaired) electrons. The first-order valence-electron chi connectivity index (χ1n) is 9.77. The molecule has 2 aromatic rings. The SMILES string of the molecule is CN(C)CCn1c2c(c3ccccc31)CCCCCC2.O=C(O)/C=C/C(=O)O. The molecule has 0 amide bonds. The first kappa shape index (κ1) is 21.7. The smallest absolute Gasteiger partial charge is 0.328 e. The number of para-hydroxylation sites is 1. The standard InChI is InChI=1S/C18H26N2.C4H4O4/c1-19(2)13-14-20-17-11-6-4-3-5-9-15(17)16-10-7-8-12-18(16)20;5-3(6)1-2-4(7)8/h7-8,10,12H,3-6,9,11,13-14H2,1-2H3;1-2H,(H,5,6)(H,7,8)/b;2-1+. The number of benzene rings is 1. The maximum atomic E-state index is 9.55. The van der Waals surface area contributed by atoms with Crippen LogP contribution in [0.25, 0.3) is 10.9 Å². The molecule has 3 rings (SSSR count). The Morgan fingerprint density at radius 2 is 1.61 bits per heavy atom. The molecular weight excluding hydrogens is 356 g/mol. The van der Waals surface area contributed by atoms with Gasteiger partial charge in [0, 0.05) is 41.8 Å². The number of fused-ring (bicyclic) bond motifs is 3. The topological polar surface area (TPSA) is 82.8 Å². The van der Waals surface area contributed by atoms with E-state index in [9.17, 15) is 9.59 Å². The monoisotopic (exact) mass is 386 g/mol. The molecule has 6 nitrogen and oxygen atoms in total. The lowest BCUT2D eigenvalue weighted by atomic mass is 9.97. The zero-order valence-electron chi connectivity index (χ0n) is 16.7. The maximum Gasteiger partial charge on any atom is 0.328 e. The third-order valence-electron chi connectivity index (χ3n) is 4.92. The highest BCUT2D eigenvalue weighted by Gasteiger charge is 2.17. The lowest BCUT2D eigenvalue weighted by Gasteiger charge is -2.17. The van der Waals surface area contributed by atoms with Crippen LogP contribution >= 0.6 is 0 Å². The van der Waals surface area contributed by atoms with E-state index in [1.165, 1.54) is 49.4 Å². The molecule has 0 fully saturated rings. The van der Waals surface area contributed by atoms with Crippen molar-refractivity contribution in [3.63, 3.8) is 0 Å². The molecule has 0 aliphatic heterocycles. The number of likely N-dealkylation sites (N-methyl/N-ethyl adjacent to an activating group) is 1. The number of aliphatic carboxylic acids is 2. The summed E-state index contributed by atoms with van der Waals surface area (Å²) in [5.74, 6) is -2.51. The summed E-state index contributed by atoms with van der Waals surface area (Å²) < 4.78 is 2.59. The Morgan fingerprint density at radius 1 is 1.00 bits per heavy atom. The summed E-state index contributed by atoms with van der Waals surface area (Å²) in [4.78, 5) is 21.4. The minimum atomic E-state index is -1.26. The number of aryl methyl sites for hydroxylation is 1. The van der Waals surface area contributed by atoms with E-state index in [-0.39, 0.29) is 0 Å². The van der Waals surface area contributed by atoms with Crippen LogP contribution in [0.1, 0.15) is 36.9 Å². The zero-order valence-corrected chi connectivity index (χ0v) is 16.7. The fourth-order valence-corrected chi connectivity index (χ4v) is 3.64. The summed E-state index contributed by atoms with van der Waals surface area (Å²) >= 11 is 0. The van der Waals surface area contributed by atoms with E-state index in [1.807, 2.05) is 0 Å². The molecule has 2 N–H and O–H groups in total. The summed E-state index contributed by atoms with van der Waals surface area (Å²) in [7, 11) is 4.32. The number of hydrogen-bond acceptors (Lipinski definition) is 3. The van der Waals surface area contributed by atoms with Gasteiger partial charge in [-0.15, -0.1) is 0 Å². The van der Waals surface area contributed by atoms with Crippen molar-refractivity contribution in [1.82, 2.24) is 9.47 Å². The van der Waals surface area contributed by atoms with Gasteiger partial charge in [-0.3, -0.25) is 0 Å². The van der Waals surface area contributed by atoms with Crippen molar-refractivity contribution >= 4 is 22.8 Å². The van der Waals surface area contributed by atoms with Crippen LogP contribution in [0.4, 0.5) is 0 Å². The maximum absolute atomic E-state index is 9.55. The summed E-state index contributed by atoms with van der Waals surface area (Å²) in [5.41, 5.74) is 4.70. The lowest BCUT2D eigenvalue weighted by molar-refractivity contribution is -0.134. The van der Waals surface area contributed by atoms with E-state index in [1.54, 1.807) is 11.3 Å². The Kier molecular flexibility index (Phi) is 8.26. The number of nitrogens with zero attached hydrogens (tertiary/aromatic N) is 2. The van der Waals surface area contributed by atoms with Crippen molar-refractivity contribution in [3.8, 4) is 0 Å². The van der Waals surface area contributed by atoms with Crippen LogP contribution in [0.2, 0.25) is 0 Å². The summed E-state index contributed by atoms with van der Waals surface area (Å²) in [5, 5.41) is 17.1. The van der Waals surface area contributed by atoms with Gasteiger partial charge in [0.05, 0.1) is 0 Å². The van der Waals surface area contributed by atoms with Crippen molar-refractivity contribution in [2.45, 2.75) is 45.1 Å². The minimum Gasteiger partial charge on any atom is -0.478 e. The average Bonchev–Trinajstić information content (AvgIpc) is 2.90. The fraction of sp³-hybridized carbons (Fsp3) is 0.455. The van der Waals surface area contributed by atoms with Gasteiger partial charge in [0.25, 0.3) is 0 Å². The Morgan fingerprint density at radius 3 is 2.21 bits per heavy atom. The molecule has 1 aliphatic carbocycles. The molecule has 1 heterocycles. The van der Waals surface area contributed by atoms with Gasteiger partial charge < -0.3 is 19.7 Å². The molecule has 0 spiro atoms. The van der Waals surface area contributed by atoms with Crippen LogP contribution in [-0.2, 0) is 29.0 Å². The van der Waals surface area contributed by atoms with Gasteiger partial charge in [0.1, 0.15) is 0 Å². The van der Waals surface area contributed by atoms with Crippen molar-refractivity contribution in [2.24, 2.45) is 0 Å². The van der Waals surface area contributed by atoms with Gasteiger partial charge in [-0.1, -0.05) is 31.0 Å². The molecule has 1 aromatic carbocycles. The Hall–Kier alpha value is -2.60. The quantitative estimate of drug-likeness (QED) is 0.768. The second-order valence-electron chi connectivity index (χ2n) is 7.32. The second kappa shape index (κ2) is 10.7. The molecule has 0 atom stereocenters. The minimum absolute atomic E-state index is 0.558. The van der Waals surface area contributed by atoms with Crippen molar-refractivity contribution in [3.05, 3.63) is 47.7 Å². The molecule has 1 aromatic heterocycles. The molecule has 6 heteroatoms. The highest BCUT2D eigenvalue weighted by atomic mass is 16.4. The molecule has 0 bridgehead atoms. The van der Waals surface area contributed by atoms with E-state index in [0.29, 0.717) is 12.2 Å². The number of rotatable bonds is 5. The molecule has 152 valence electrons. The third-order valence-corrected chi connectivity index (χ3v) is 4.92. The lowest BCUT2D eigenvalue weighted by Crippen LogP contribution is -2.19. The van der Waals surface area contributed by atoms with Crippen LogP contribution in [-0.4, -0.2) is 52.3 Å². The predicted molar refractivity (Wildman–Crippen MR) is 111 cm³/mol. The van der Waals surface area contributed by atoms with Crippen molar-refractivity contribution < 1.29 is 19.8 Å². The van der Waals surface area contributed by atoms with E-state index in [2.05, 4.69) is 47.8 Å². The highest BCUT2D eigenvalue weighted by molar-refractivity contribution is 5.89. The predicted octanol–water partition coefficient (Wildman–Crippen LogP) is 3.57. The Bertz CT molecular complexity index is 820. The molecule has 0 saturated heterocycles. The third kappa shape index (κ3) is 6.23. The van der Waals surface area contributed by atoms with Crippen LogP contribution in [0.5, 0.6) is 0 Å². The molecule has 0 saturated carbocycles. The van der Waals surface area contributed by atoms with Gasteiger partial charge in [0.2, 0.25) is 0 Å². The zero-order chi connectivity index (χ0) is 20.5. The van der Waals surface area contributed by atoms with E-state index < -0.39 is 11.9 Å². The van der Waals surface area contributed by atoms with E-state index >= 15 is 0 Å². The number of aromatic nitrogens is 1. The number of carboxylic acids is 2. The molecular formula is C22H30N2O4. The Labute approximate surface area is 166 Å². The summed E-state index contributed by atoms with van der Waals surface area (Å²) in [6.07, 6.45) is 9.15. The van der Waals surface area contributed by atoms with Crippen molar-refractivity contribution in [2.75, 3.05) is 20.6 Å². The normalized spacial score (nSPS) is 14.2. The largest absolute Gasteiger partial charge is 0.478 e. The van der Waals surface area contributed by atoms with Crippen LogP contribution < -0.4 is 0 Å². The van der Waals surface area contributed by atoms with Crippen LogP contribution in [0, 0.1) is 0 Å². The van der Waals surface area contributed by atoms with Gasteiger partial charge in [-0.05, 0) is 51.4 Å². The van der Waals surface area contributed by atoms with E-state index in [4.69, 9.17) is 10.2 Å². The fourth-order valence-electron chi connectivity index (χ4n) is 3.64. The van der Waals surface area contributed by atoms with Gasteiger partial charge in [-0.25, -0.2) is 9.59 Å². The van der Waals surface area contributed by atoms with Gasteiger partial charge >= 0.3 is 11.9 Å². The Balaban J connectivity index is 0.000000300. The van der Waals surface area contributed by atoms with Crippen LogP contribution in [0.3, 0.4) is 0 Å². The number of hydrogen-bond donors (Lipinski definition) is 2. The molecule has 0 unspecified atom stereocenters. The van der Waals surface area contributed by atoms with E-state index in [0.717, 1.165) is 13.1 Å². The highest BCUT2D eigenvalue weighted by Crippen LogP contribution is 2.30. The first-order chi connectivity index (χ1) is 13.4. The number of carbonyl (C=O) groups is 2. The average molecular weight is 386 g/mol.